The summed E-state index contributed by atoms with van der Waals surface area (Å²) in [6.07, 6.45) is 4.49. The number of halogens is 1. The van der Waals surface area contributed by atoms with Crippen molar-refractivity contribution in [2.45, 2.75) is 76.9 Å². The SMILES string of the molecule is Cc1ccc(F)cc1[C@H](Cn1c(=O)n([C@H]2CCNC2=O)c(=O)c2c(C)c(-n3nccn3)sc21)OC1CCC(O)CC1. The molecule has 2 N–H and O–H groups in total. The molecule has 1 amide bonds. The highest BCUT2D eigenvalue weighted by atomic mass is 32.1. The van der Waals surface area contributed by atoms with E-state index < -0.39 is 29.2 Å². The van der Waals surface area contributed by atoms with Crippen LogP contribution in [0, 0.1) is 19.7 Å². The highest BCUT2D eigenvalue weighted by molar-refractivity contribution is 7.21. The summed E-state index contributed by atoms with van der Waals surface area (Å²) in [5, 5.41) is 22.0. The highest BCUT2D eigenvalue weighted by Crippen LogP contribution is 2.34. The molecule has 0 unspecified atom stereocenters. The molecule has 1 aliphatic heterocycles. The molecule has 4 heterocycles. The van der Waals surface area contributed by atoms with E-state index in [9.17, 15) is 23.9 Å². The van der Waals surface area contributed by atoms with Gasteiger partial charge < -0.3 is 15.2 Å². The molecule has 0 radical (unpaired) electrons. The number of aliphatic hydroxyl groups excluding tert-OH is 1. The summed E-state index contributed by atoms with van der Waals surface area (Å²) < 4.78 is 23.6. The quantitative estimate of drug-likeness (QED) is 0.342. The lowest BCUT2D eigenvalue weighted by Crippen LogP contribution is -2.44. The molecular weight excluding hydrogens is 551 g/mol. The molecule has 4 aromatic rings. The van der Waals surface area contributed by atoms with Crippen LogP contribution < -0.4 is 16.6 Å². The molecule has 6 rings (SSSR count). The first-order valence-corrected chi connectivity index (χ1v) is 14.6. The standard InChI is InChI=1S/C28H31FN6O5S/c1-15-3-4-17(29)13-20(15)22(40-19-7-5-18(36)6-8-19)14-33-27-23(16(2)26(41-27)35-31-11-12-32-35)25(38)34(28(33)39)21-9-10-30-24(21)37/h3-4,11-13,18-19,21-22,36H,5-10,14H2,1-2H3,(H,30,37)/t18?,19?,21-,22-/m0/s1. The van der Waals surface area contributed by atoms with Crippen molar-refractivity contribution in [1.82, 2.24) is 29.4 Å². The van der Waals surface area contributed by atoms with Gasteiger partial charge in [-0.3, -0.25) is 14.2 Å². The maximum Gasteiger partial charge on any atom is 0.332 e. The summed E-state index contributed by atoms with van der Waals surface area (Å²) in [5.41, 5.74) is 0.801. The number of nitrogens with one attached hydrogen (secondary N) is 1. The van der Waals surface area contributed by atoms with Crippen LogP contribution in [0.2, 0.25) is 0 Å². The van der Waals surface area contributed by atoms with Crippen LogP contribution >= 0.6 is 11.3 Å². The van der Waals surface area contributed by atoms with Crippen molar-refractivity contribution < 1.29 is 19.0 Å². The van der Waals surface area contributed by atoms with Gasteiger partial charge in [-0.2, -0.15) is 10.2 Å². The van der Waals surface area contributed by atoms with E-state index in [1.807, 2.05) is 6.92 Å². The second-order valence-corrected chi connectivity index (χ2v) is 11.7. The van der Waals surface area contributed by atoms with Crippen molar-refractivity contribution in [2.24, 2.45) is 0 Å². The van der Waals surface area contributed by atoms with Gasteiger partial charge in [0.05, 0.1) is 36.5 Å². The lowest BCUT2D eigenvalue weighted by Gasteiger charge is -2.31. The topological polar surface area (TPSA) is 133 Å². The number of nitrogens with zero attached hydrogens (tertiary/aromatic N) is 5. The fourth-order valence-corrected chi connectivity index (χ4v) is 7.10. The van der Waals surface area contributed by atoms with E-state index >= 15 is 0 Å². The number of ether oxygens (including phenoxy) is 1. The Morgan fingerprint density at radius 2 is 1.85 bits per heavy atom. The summed E-state index contributed by atoms with van der Waals surface area (Å²) in [5.74, 6) is -0.811. The predicted octanol–water partition coefficient (Wildman–Crippen LogP) is 2.68. The number of aryl methyl sites for hydroxylation is 2. The Balaban J connectivity index is 1.54. The van der Waals surface area contributed by atoms with E-state index in [0.717, 1.165) is 10.1 Å². The molecule has 1 aliphatic carbocycles. The largest absolute Gasteiger partial charge is 0.393 e. The maximum atomic E-state index is 14.5. The Morgan fingerprint density at radius 1 is 1.12 bits per heavy atom. The van der Waals surface area contributed by atoms with E-state index in [2.05, 4.69) is 15.5 Å². The molecule has 2 aliphatic rings. The molecule has 2 atom stereocenters. The number of thiophene rings is 1. The number of hydrogen-bond acceptors (Lipinski definition) is 8. The third-order valence-electron chi connectivity index (χ3n) is 8.09. The summed E-state index contributed by atoms with van der Waals surface area (Å²) in [4.78, 5) is 42.5. The minimum atomic E-state index is -0.939. The first-order chi connectivity index (χ1) is 19.7. The number of rotatable bonds is 7. The van der Waals surface area contributed by atoms with E-state index in [0.29, 0.717) is 65.0 Å². The van der Waals surface area contributed by atoms with Crippen molar-refractivity contribution in [1.29, 1.82) is 0 Å². The van der Waals surface area contributed by atoms with Crippen molar-refractivity contribution in [3.05, 3.63) is 73.9 Å². The van der Waals surface area contributed by atoms with Gasteiger partial charge >= 0.3 is 5.69 Å². The third kappa shape index (κ3) is 5.02. The summed E-state index contributed by atoms with van der Waals surface area (Å²) in [7, 11) is 0. The molecule has 11 nitrogen and oxygen atoms in total. The zero-order valence-corrected chi connectivity index (χ0v) is 23.6. The van der Waals surface area contributed by atoms with Crippen LogP contribution in [0.4, 0.5) is 4.39 Å². The van der Waals surface area contributed by atoms with Gasteiger partial charge in [-0.1, -0.05) is 17.4 Å². The van der Waals surface area contributed by atoms with Crippen LogP contribution in [0.25, 0.3) is 15.2 Å². The first kappa shape index (κ1) is 27.5. The van der Waals surface area contributed by atoms with Gasteiger partial charge in [-0.15, -0.1) is 4.80 Å². The normalized spacial score (nSPS) is 21.9. The average Bonchev–Trinajstić information content (AvgIpc) is 3.70. The molecule has 41 heavy (non-hydrogen) atoms. The second-order valence-electron chi connectivity index (χ2n) is 10.8. The Kier molecular flexibility index (Phi) is 7.34. The van der Waals surface area contributed by atoms with Gasteiger partial charge in [0.2, 0.25) is 5.91 Å². The number of benzene rings is 1. The Bertz CT molecular complexity index is 1720. The van der Waals surface area contributed by atoms with Gasteiger partial charge in [0.1, 0.15) is 27.8 Å². The molecular formula is C28H31FN6O5S. The van der Waals surface area contributed by atoms with Gasteiger partial charge in [0.25, 0.3) is 5.56 Å². The van der Waals surface area contributed by atoms with Crippen LogP contribution in [0.15, 0.2) is 40.2 Å². The number of carbonyl (C=O) groups excluding carboxylic acids is 1. The summed E-state index contributed by atoms with van der Waals surface area (Å²) in [6.45, 7) is 3.97. The summed E-state index contributed by atoms with van der Waals surface area (Å²) in [6, 6.07) is 3.53. The molecule has 1 aromatic carbocycles. The predicted molar refractivity (Wildman–Crippen MR) is 150 cm³/mol. The average molecular weight is 583 g/mol. The van der Waals surface area contributed by atoms with Crippen molar-refractivity contribution >= 4 is 27.5 Å². The number of aromatic nitrogens is 5. The van der Waals surface area contributed by atoms with E-state index in [4.69, 9.17) is 4.74 Å². The number of aliphatic hydroxyl groups is 1. The zero-order chi connectivity index (χ0) is 28.8. The van der Waals surface area contributed by atoms with Crippen LogP contribution in [-0.2, 0) is 16.1 Å². The molecule has 2 fully saturated rings. The summed E-state index contributed by atoms with van der Waals surface area (Å²) >= 11 is 1.20. The zero-order valence-electron chi connectivity index (χ0n) is 22.7. The Morgan fingerprint density at radius 3 is 2.54 bits per heavy atom. The van der Waals surface area contributed by atoms with Crippen molar-refractivity contribution in [3.63, 3.8) is 0 Å². The lowest BCUT2D eigenvalue weighted by atomic mass is 9.94. The van der Waals surface area contributed by atoms with Crippen LogP contribution in [-0.4, -0.2) is 53.9 Å². The second kappa shape index (κ2) is 11.0. The smallest absolute Gasteiger partial charge is 0.332 e. The van der Waals surface area contributed by atoms with Crippen LogP contribution in [0.5, 0.6) is 0 Å². The number of hydrogen-bond donors (Lipinski definition) is 2. The van der Waals surface area contributed by atoms with Gasteiger partial charge in [-0.25, -0.2) is 13.8 Å². The molecule has 13 heteroatoms. The van der Waals surface area contributed by atoms with E-state index in [-0.39, 0.29) is 24.7 Å². The van der Waals surface area contributed by atoms with Crippen molar-refractivity contribution in [3.8, 4) is 5.00 Å². The molecule has 0 spiro atoms. The fraction of sp³-hybridized carbons (Fsp3) is 0.464. The number of carbonyl (C=O) groups is 1. The minimum absolute atomic E-state index is 0.0147. The molecule has 216 valence electrons. The molecule has 0 bridgehead atoms. The third-order valence-corrected chi connectivity index (χ3v) is 9.37. The molecule has 1 saturated heterocycles. The van der Waals surface area contributed by atoms with Gasteiger partial charge in [0.15, 0.2) is 0 Å². The first-order valence-electron chi connectivity index (χ1n) is 13.7. The van der Waals surface area contributed by atoms with Gasteiger partial charge in [0, 0.05) is 12.1 Å². The van der Waals surface area contributed by atoms with Gasteiger partial charge in [-0.05, 0) is 69.2 Å². The lowest BCUT2D eigenvalue weighted by molar-refractivity contribution is -0.122. The van der Waals surface area contributed by atoms with E-state index in [1.54, 1.807) is 13.0 Å². The monoisotopic (exact) mass is 582 g/mol. The number of amides is 1. The van der Waals surface area contributed by atoms with Crippen LogP contribution in [0.3, 0.4) is 0 Å². The molecule has 1 saturated carbocycles. The van der Waals surface area contributed by atoms with E-state index in [1.165, 1.54) is 45.2 Å². The van der Waals surface area contributed by atoms with Crippen molar-refractivity contribution in [2.75, 3.05) is 6.54 Å². The number of fused-ring (bicyclic) bond motifs is 1. The Labute approximate surface area is 238 Å². The fourth-order valence-electron chi connectivity index (χ4n) is 5.88. The highest BCUT2D eigenvalue weighted by Gasteiger charge is 2.33. The molecule has 3 aromatic heterocycles. The maximum absolute atomic E-state index is 14.5. The minimum Gasteiger partial charge on any atom is -0.393 e. The van der Waals surface area contributed by atoms with Crippen LogP contribution in [0.1, 0.15) is 60.9 Å². The Hall–Kier alpha value is -3.68.